The number of β-amino-alcohol motifs (C(OH)–C–C–N with tert-alkyl or cyclic N) is 1. The second kappa shape index (κ2) is 9.64. The van der Waals surface area contributed by atoms with Crippen LogP contribution < -0.4 is 9.64 Å². The van der Waals surface area contributed by atoms with Crippen molar-refractivity contribution in [2.45, 2.75) is 24.9 Å². The van der Waals surface area contributed by atoms with Gasteiger partial charge < -0.3 is 19.6 Å². The van der Waals surface area contributed by atoms with Gasteiger partial charge in [-0.15, -0.1) is 0 Å². The molecule has 5 rings (SSSR count). The standard InChI is InChI=1S/C26H33N5O3/c1-28(25(32)21-6-4-7-22(18-21)34-17-16-29-12-2-3-13-29)19-26(33)10-14-30(20-26)24-9-5-8-23-27-11-15-31(23)24/h4-9,11,15,18,33H,2-3,10,12-14,16-17,19-20H2,1H3/t26-/m1/s1. The number of carbonyl (C=O) groups excluding carboxylic acids is 1. The number of carbonyl (C=O) groups is 1. The largest absolute Gasteiger partial charge is 0.492 e. The van der Waals surface area contributed by atoms with E-state index in [9.17, 15) is 9.90 Å². The third-order valence-corrected chi connectivity index (χ3v) is 6.90. The Morgan fingerprint density at radius 1 is 1.18 bits per heavy atom. The van der Waals surface area contributed by atoms with Gasteiger partial charge in [-0.1, -0.05) is 12.1 Å². The smallest absolute Gasteiger partial charge is 0.253 e. The van der Waals surface area contributed by atoms with Crippen molar-refractivity contribution < 1.29 is 14.6 Å². The van der Waals surface area contributed by atoms with Crippen molar-refractivity contribution in [3.8, 4) is 5.75 Å². The van der Waals surface area contributed by atoms with Gasteiger partial charge >= 0.3 is 0 Å². The summed E-state index contributed by atoms with van der Waals surface area (Å²) in [7, 11) is 1.75. The Hall–Kier alpha value is -3.10. The van der Waals surface area contributed by atoms with E-state index >= 15 is 0 Å². The average Bonchev–Trinajstić information content (AvgIpc) is 3.60. The van der Waals surface area contributed by atoms with E-state index in [4.69, 9.17) is 4.74 Å². The van der Waals surface area contributed by atoms with Gasteiger partial charge in [0.05, 0.1) is 6.54 Å². The molecular weight excluding hydrogens is 430 g/mol. The molecule has 2 aliphatic rings. The van der Waals surface area contributed by atoms with Gasteiger partial charge in [-0.3, -0.25) is 14.1 Å². The number of aliphatic hydroxyl groups is 1. The summed E-state index contributed by atoms with van der Waals surface area (Å²) < 4.78 is 7.93. The normalized spacial score (nSPS) is 20.8. The minimum atomic E-state index is -0.975. The summed E-state index contributed by atoms with van der Waals surface area (Å²) >= 11 is 0. The van der Waals surface area contributed by atoms with E-state index in [2.05, 4.69) is 14.8 Å². The third-order valence-electron chi connectivity index (χ3n) is 6.90. The van der Waals surface area contributed by atoms with Crippen LogP contribution in [0.25, 0.3) is 5.65 Å². The molecule has 180 valence electrons. The number of likely N-dealkylation sites (tertiary alicyclic amines) is 1. The molecule has 0 aliphatic carbocycles. The lowest BCUT2D eigenvalue weighted by atomic mass is 10.0. The number of imidazole rings is 1. The van der Waals surface area contributed by atoms with Crippen molar-refractivity contribution in [2.24, 2.45) is 0 Å². The van der Waals surface area contributed by atoms with Crippen molar-refractivity contribution in [3.05, 3.63) is 60.4 Å². The number of hydrogen-bond donors (Lipinski definition) is 1. The minimum absolute atomic E-state index is 0.117. The number of ether oxygens (including phenoxy) is 1. The summed E-state index contributed by atoms with van der Waals surface area (Å²) in [6.45, 7) is 5.26. The second-order valence-electron chi connectivity index (χ2n) is 9.52. The van der Waals surface area contributed by atoms with Gasteiger partial charge in [-0.25, -0.2) is 4.98 Å². The molecule has 1 atom stereocenters. The Kier molecular flexibility index (Phi) is 6.43. The summed E-state index contributed by atoms with van der Waals surface area (Å²) in [5.41, 5.74) is 0.474. The van der Waals surface area contributed by atoms with Crippen LogP contribution in [0.4, 0.5) is 5.82 Å². The van der Waals surface area contributed by atoms with Gasteiger partial charge in [-0.05, 0) is 62.7 Å². The number of hydrogen-bond acceptors (Lipinski definition) is 6. The molecule has 2 aromatic heterocycles. The van der Waals surface area contributed by atoms with E-state index in [1.807, 2.05) is 40.9 Å². The zero-order chi connectivity index (χ0) is 23.5. The van der Waals surface area contributed by atoms with E-state index in [1.54, 1.807) is 30.3 Å². The second-order valence-corrected chi connectivity index (χ2v) is 9.52. The van der Waals surface area contributed by atoms with Crippen molar-refractivity contribution in [1.29, 1.82) is 0 Å². The fraction of sp³-hybridized carbons (Fsp3) is 0.462. The maximum Gasteiger partial charge on any atom is 0.253 e. The number of fused-ring (bicyclic) bond motifs is 1. The van der Waals surface area contributed by atoms with E-state index in [1.165, 1.54) is 12.8 Å². The van der Waals surface area contributed by atoms with Gasteiger partial charge in [0.2, 0.25) is 0 Å². The Labute approximate surface area is 200 Å². The van der Waals surface area contributed by atoms with Gasteiger partial charge in [0.25, 0.3) is 5.91 Å². The summed E-state index contributed by atoms with van der Waals surface area (Å²) in [6.07, 6.45) is 6.82. The molecule has 2 saturated heterocycles. The van der Waals surface area contributed by atoms with E-state index in [-0.39, 0.29) is 12.5 Å². The minimum Gasteiger partial charge on any atom is -0.492 e. The topological polar surface area (TPSA) is 73.5 Å². The van der Waals surface area contributed by atoms with Gasteiger partial charge in [0.1, 0.15) is 29.4 Å². The van der Waals surface area contributed by atoms with Crippen molar-refractivity contribution in [1.82, 2.24) is 19.2 Å². The molecule has 0 unspecified atom stereocenters. The lowest BCUT2D eigenvalue weighted by Gasteiger charge is -2.29. The van der Waals surface area contributed by atoms with Crippen LogP contribution in [0, 0.1) is 0 Å². The number of nitrogens with zero attached hydrogens (tertiary/aromatic N) is 5. The predicted molar refractivity (Wildman–Crippen MR) is 132 cm³/mol. The highest BCUT2D eigenvalue weighted by atomic mass is 16.5. The number of anilines is 1. The Morgan fingerprint density at radius 2 is 2.00 bits per heavy atom. The maximum atomic E-state index is 13.1. The Morgan fingerprint density at radius 3 is 2.85 bits per heavy atom. The summed E-state index contributed by atoms with van der Waals surface area (Å²) in [5, 5.41) is 11.3. The first kappa shape index (κ1) is 22.7. The first-order valence-corrected chi connectivity index (χ1v) is 12.1. The van der Waals surface area contributed by atoms with Crippen LogP contribution in [0.3, 0.4) is 0 Å². The summed E-state index contributed by atoms with van der Waals surface area (Å²) in [6, 6.07) is 13.3. The summed E-state index contributed by atoms with van der Waals surface area (Å²) in [5.74, 6) is 1.59. The van der Waals surface area contributed by atoms with E-state index in [0.717, 1.165) is 37.6 Å². The molecular formula is C26H33N5O3. The molecule has 0 spiro atoms. The molecule has 4 heterocycles. The molecule has 0 saturated carbocycles. The SMILES string of the molecule is CN(C[C@]1(O)CCN(c2cccc3nccn23)C1)C(=O)c1cccc(OCCN2CCCC2)c1. The number of amides is 1. The van der Waals surface area contributed by atoms with Gasteiger partial charge in [-0.2, -0.15) is 0 Å². The zero-order valence-corrected chi connectivity index (χ0v) is 19.8. The molecule has 2 fully saturated rings. The van der Waals surface area contributed by atoms with Crippen LogP contribution in [-0.4, -0.2) is 88.7 Å². The van der Waals surface area contributed by atoms with Crippen molar-refractivity contribution in [3.63, 3.8) is 0 Å². The quantitative estimate of drug-likeness (QED) is 0.554. The maximum absolute atomic E-state index is 13.1. The van der Waals surface area contributed by atoms with Gasteiger partial charge in [0, 0.05) is 44.6 Å². The molecule has 8 heteroatoms. The first-order valence-electron chi connectivity index (χ1n) is 12.1. The monoisotopic (exact) mass is 463 g/mol. The van der Waals surface area contributed by atoms with Crippen molar-refractivity contribution >= 4 is 17.4 Å². The molecule has 3 aromatic rings. The molecule has 1 N–H and O–H groups in total. The zero-order valence-electron chi connectivity index (χ0n) is 19.8. The predicted octanol–water partition coefficient (Wildman–Crippen LogP) is 2.52. The molecule has 0 radical (unpaired) electrons. The van der Waals surface area contributed by atoms with Crippen LogP contribution in [0.1, 0.15) is 29.6 Å². The fourth-order valence-electron chi connectivity index (χ4n) is 5.12. The van der Waals surface area contributed by atoms with Crippen molar-refractivity contribution in [2.75, 3.05) is 57.8 Å². The number of aromatic nitrogens is 2. The summed E-state index contributed by atoms with van der Waals surface area (Å²) in [4.78, 5) is 23.6. The van der Waals surface area contributed by atoms with Crippen LogP contribution in [-0.2, 0) is 0 Å². The highest BCUT2D eigenvalue weighted by Crippen LogP contribution is 2.28. The number of rotatable bonds is 8. The number of likely N-dealkylation sites (N-methyl/N-ethyl adjacent to an activating group) is 1. The highest BCUT2D eigenvalue weighted by Gasteiger charge is 2.38. The number of pyridine rings is 1. The molecule has 1 aromatic carbocycles. The van der Waals surface area contributed by atoms with Crippen LogP contribution in [0.15, 0.2) is 54.9 Å². The average molecular weight is 464 g/mol. The van der Waals surface area contributed by atoms with Crippen LogP contribution in [0.5, 0.6) is 5.75 Å². The molecule has 0 bridgehead atoms. The number of benzene rings is 1. The third kappa shape index (κ3) is 4.88. The molecule has 34 heavy (non-hydrogen) atoms. The molecule has 1 amide bonds. The lowest BCUT2D eigenvalue weighted by Crippen LogP contribution is -2.46. The van der Waals surface area contributed by atoms with E-state index < -0.39 is 5.60 Å². The highest BCUT2D eigenvalue weighted by molar-refractivity contribution is 5.94. The van der Waals surface area contributed by atoms with E-state index in [0.29, 0.717) is 30.9 Å². The Bertz CT molecular complexity index is 1140. The lowest BCUT2D eigenvalue weighted by molar-refractivity contribution is 0.0264. The van der Waals surface area contributed by atoms with Crippen LogP contribution >= 0.6 is 0 Å². The fourth-order valence-corrected chi connectivity index (χ4v) is 5.12. The first-order chi connectivity index (χ1) is 16.5. The van der Waals surface area contributed by atoms with Crippen LogP contribution in [0.2, 0.25) is 0 Å². The van der Waals surface area contributed by atoms with Gasteiger partial charge in [0.15, 0.2) is 0 Å². The molecule has 8 nitrogen and oxygen atoms in total. The molecule has 2 aliphatic heterocycles. The Balaban J connectivity index is 1.19.